The Morgan fingerprint density at radius 3 is 2.56 bits per heavy atom. The van der Waals surface area contributed by atoms with Crippen LogP contribution < -0.4 is 4.90 Å². The van der Waals surface area contributed by atoms with E-state index in [1.54, 1.807) is 0 Å². The average Bonchev–Trinajstić information content (AvgIpc) is 3.22. The van der Waals surface area contributed by atoms with Gasteiger partial charge >= 0.3 is 0 Å². The second kappa shape index (κ2) is 6.74. The van der Waals surface area contributed by atoms with Gasteiger partial charge in [0.1, 0.15) is 12.2 Å². The highest BCUT2D eigenvalue weighted by Gasteiger charge is 2.39. The number of anilines is 1. The van der Waals surface area contributed by atoms with Gasteiger partial charge in [-0.3, -0.25) is 0 Å². The molecule has 27 heavy (non-hydrogen) atoms. The standard InChI is InChI=1S/C19H18ClFN4O2/c20-12-5-14(21)19(22-6-12)24-7-17-18(8-24)27-10-13(9-26-17)25-11-23-15-3-1-2-4-16(15)25/h1-6,11,13,17-18H,7-10H2/t17-,18-/m0/s1. The second-order valence-corrected chi connectivity index (χ2v) is 7.34. The molecule has 0 N–H and O–H groups in total. The highest BCUT2D eigenvalue weighted by Crippen LogP contribution is 2.29. The van der Waals surface area contributed by atoms with E-state index >= 15 is 0 Å². The summed E-state index contributed by atoms with van der Waals surface area (Å²) < 4.78 is 28.6. The molecule has 2 atom stereocenters. The van der Waals surface area contributed by atoms with Crippen LogP contribution in [0.4, 0.5) is 10.2 Å². The molecule has 2 fully saturated rings. The van der Waals surface area contributed by atoms with Gasteiger partial charge in [0.15, 0.2) is 11.6 Å². The van der Waals surface area contributed by atoms with Gasteiger partial charge in [0.25, 0.3) is 0 Å². The normalized spacial score (nSPS) is 23.6. The van der Waals surface area contributed by atoms with E-state index in [9.17, 15) is 4.39 Å². The smallest absolute Gasteiger partial charge is 0.167 e. The van der Waals surface area contributed by atoms with Crippen molar-refractivity contribution < 1.29 is 13.9 Å². The van der Waals surface area contributed by atoms with Crippen LogP contribution in [0.3, 0.4) is 0 Å². The summed E-state index contributed by atoms with van der Waals surface area (Å²) in [4.78, 5) is 10.4. The Morgan fingerprint density at radius 1 is 1.07 bits per heavy atom. The summed E-state index contributed by atoms with van der Waals surface area (Å²) in [6.45, 7) is 2.11. The monoisotopic (exact) mass is 388 g/mol. The summed E-state index contributed by atoms with van der Waals surface area (Å²) in [6.07, 6.45) is 3.04. The molecule has 0 bridgehead atoms. The first kappa shape index (κ1) is 16.9. The molecule has 5 rings (SSSR count). The number of para-hydroxylation sites is 2. The molecular weight excluding hydrogens is 371 g/mol. The zero-order valence-electron chi connectivity index (χ0n) is 14.5. The number of ether oxygens (including phenoxy) is 2. The zero-order chi connectivity index (χ0) is 18.4. The summed E-state index contributed by atoms with van der Waals surface area (Å²) in [5.74, 6) is -0.140. The minimum absolute atomic E-state index is 0.0573. The van der Waals surface area contributed by atoms with E-state index in [4.69, 9.17) is 21.1 Å². The lowest BCUT2D eigenvalue weighted by Gasteiger charge is -2.20. The molecule has 0 spiro atoms. The summed E-state index contributed by atoms with van der Waals surface area (Å²) >= 11 is 5.80. The number of aromatic nitrogens is 3. The van der Waals surface area contributed by atoms with Crippen molar-refractivity contribution in [1.82, 2.24) is 14.5 Å². The van der Waals surface area contributed by atoms with Crippen LogP contribution >= 0.6 is 11.6 Å². The van der Waals surface area contributed by atoms with Crippen LogP contribution in [0.25, 0.3) is 11.0 Å². The molecule has 3 aromatic rings. The molecular formula is C19H18ClFN4O2. The van der Waals surface area contributed by atoms with E-state index in [2.05, 4.69) is 14.5 Å². The predicted molar refractivity (Wildman–Crippen MR) is 99.7 cm³/mol. The second-order valence-electron chi connectivity index (χ2n) is 6.90. The van der Waals surface area contributed by atoms with Crippen molar-refractivity contribution in [3.63, 3.8) is 0 Å². The van der Waals surface area contributed by atoms with E-state index in [0.717, 1.165) is 11.0 Å². The number of imidazole rings is 1. The molecule has 8 heteroatoms. The molecule has 0 radical (unpaired) electrons. The lowest BCUT2D eigenvalue weighted by atomic mass is 10.2. The van der Waals surface area contributed by atoms with Gasteiger partial charge in [0.2, 0.25) is 0 Å². The molecule has 6 nitrogen and oxygen atoms in total. The van der Waals surface area contributed by atoms with Gasteiger partial charge in [-0.15, -0.1) is 0 Å². The molecule has 2 aliphatic heterocycles. The molecule has 2 aromatic heterocycles. The summed E-state index contributed by atoms with van der Waals surface area (Å²) in [7, 11) is 0. The molecule has 2 aliphatic rings. The molecule has 0 aliphatic carbocycles. The van der Waals surface area contributed by atoms with E-state index in [0.29, 0.717) is 26.3 Å². The highest BCUT2D eigenvalue weighted by atomic mass is 35.5. The summed E-state index contributed by atoms with van der Waals surface area (Å²) in [5, 5.41) is 0.285. The molecule has 0 amide bonds. The lowest BCUT2D eigenvalue weighted by Crippen LogP contribution is -2.27. The van der Waals surface area contributed by atoms with Crippen molar-refractivity contribution in [2.75, 3.05) is 31.2 Å². The fourth-order valence-electron chi connectivity index (χ4n) is 3.82. The van der Waals surface area contributed by atoms with Gasteiger partial charge in [0.05, 0.1) is 41.6 Å². The maximum Gasteiger partial charge on any atom is 0.167 e. The van der Waals surface area contributed by atoms with Crippen LogP contribution in [0.5, 0.6) is 0 Å². The molecule has 0 unspecified atom stereocenters. The zero-order valence-corrected chi connectivity index (χ0v) is 15.2. The first-order chi connectivity index (χ1) is 13.2. The Bertz CT molecular complexity index is 965. The average molecular weight is 389 g/mol. The Hall–Kier alpha value is -2.22. The van der Waals surface area contributed by atoms with Gasteiger partial charge in [-0.2, -0.15) is 0 Å². The SMILES string of the molecule is Fc1cc(Cl)cnc1N1C[C@@H]2OCC(n3cnc4ccccc43)CO[C@H]2C1. The molecule has 0 saturated carbocycles. The van der Waals surface area contributed by atoms with Crippen molar-refractivity contribution in [2.24, 2.45) is 0 Å². The Kier molecular flexibility index (Phi) is 4.22. The quantitative estimate of drug-likeness (QED) is 0.675. The number of benzene rings is 1. The number of rotatable bonds is 2. The Labute approximate surface area is 160 Å². The van der Waals surface area contributed by atoms with Gasteiger partial charge < -0.3 is 18.9 Å². The maximum absolute atomic E-state index is 14.2. The minimum atomic E-state index is -0.429. The van der Waals surface area contributed by atoms with Crippen molar-refractivity contribution in [3.8, 4) is 0 Å². The summed E-state index contributed by atoms with van der Waals surface area (Å²) in [5.41, 5.74) is 2.02. The summed E-state index contributed by atoms with van der Waals surface area (Å²) in [6, 6.07) is 9.35. The first-order valence-electron chi connectivity index (χ1n) is 8.90. The first-order valence-corrected chi connectivity index (χ1v) is 9.27. The fourth-order valence-corrected chi connectivity index (χ4v) is 3.97. The molecule has 4 heterocycles. The Morgan fingerprint density at radius 2 is 1.81 bits per heavy atom. The van der Waals surface area contributed by atoms with Crippen LogP contribution in [-0.2, 0) is 9.47 Å². The van der Waals surface area contributed by atoms with E-state index < -0.39 is 5.82 Å². The van der Waals surface area contributed by atoms with Crippen LogP contribution in [0.15, 0.2) is 42.9 Å². The van der Waals surface area contributed by atoms with Crippen molar-refractivity contribution in [3.05, 3.63) is 53.7 Å². The fraction of sp³-hybridized carbons (Fsp3) is 0.368. The van der Waals surface area contributed by atoms with Crippen molar-refractivity contribution >= 4 is 28.5 Å². The Balaban J connectivity index is 1.32. The third-order valence-electron chi connectivity index (χ3n) is 5.18. The van der Waals surface area contributed by atoms with E-state index in [1.165, 1.54) is 12.3 Å². The molecule has 1 aromatic carbocycles. The van der Waals surface area contributed by atoms with Gasteiger partial charge in [-0.1, -0.05) is 23.7 Å². The predicted octanol–water partition coefficient (Wildman–Crippen LogP) is 3.07. The minimum Gasteiger partial charge on any atom is -0.371 e. The maximum atomic E-state index is 14.2. The van der Waals surface area contributed by atoms with Gasteiger partial charge in [0, 0.05) is 19.3 Å². The third kappa shape index (κ3) is 3.05. The van der Waals surface area contributed by atoms with Crippen molar-refractivity contribution in [2.45, 2.75) is 18.2 Å². The van der Waals surface area contributed by atoms with Crippen LogP contribution in [0.1, 0.15) is 6.04 Å². The van der Waals surface area contributed by atoms with Crippen LogP contribution in [0.2, 0.25) is 5.02 Å². The van der Waals surface area contributed by atoms with Crippen LogP contribution in [0, 0.1) is 5.82 Å². The largest absolute Gasteiger partial charge is 0.371 e. The van der Waals surface area contributed by atoms with Gasteiger partial charge in [-0.05, 0) is 18.2 Å². The molecule has 2 saturated heterocycles. The van der Waals surface area contributed by atoms with Crippen LogP contribution in [-0.4, -0.2) is 53.0 Å². The highest BCUT2D eigenvalue weighted by molar-refractivity contribution is 6.30. The number of fused-ring (bicyclic) bond motifs is 2. The van der Waals surface area contributed by atoms with E-state index in [1.807, 2.05) is 35.5 Å². The van der Waals surface area contributed by atoms with E-state index in [-0.39, 0.29) is 29.1 Å². The third-order valence-corrected chi connectivity index (χ3v) is 5.39. The van der Waals surface area contributed by atoms with Gasteiger partial charge in [-0.25, -0.2) is 14.4 Å². The number of halogens is 2. The number of pyridine rings is 1. The number of hydrogen-bond acceptors (Lipinski definition) is 5. The number of hydrogen-bond donors (Lipinski definition) is 0. The molecule has 140 valence electrons. The van der Waals surface area contributed by atoms with Crippen molar-refractivity contribution in [1.29, 1.82) is 0 Å². The number of nitrogens with zero attached hydrogens (tertiary/aromatic N) is 4. The lowest BCUT2D eigenvalue weighted by molar-refractivity contribution is -0.00461. The topological polar surface area (TPSA) is 52.4 Å².